The molecule has 2 rings (SSSR count). The number of carbonyl (C=O) groups excluding carboxylic acids is 1. The van der Waals surface area contributed by atoms with E-state index in [9.17, 15) is 9.18 Å². The average Bonchev–Trinajstić information content (AvgIpc) is 2.54. The van der Waals surface area contributed by atoms with E-state index in [1.165, 1.54) is 12.1 Å². The number of hydrogen-bond acceptors (Lipinski definition) is 3. The standard InChI is InChI=1S/C18H22FN3O/c1-13(2)17(10-14-5-7-15(19)8-6-14)21-12-18(23)22-16-4-3-9-20-11-16/h3-9,11,13,17,21H,10,12H2,1-2H3,(H,22,23)/t17-/m0/s1. The lowest BCUT2D eigenvalue weighted by molar-refractivity contribution is -0.115. The van der Waals surface area contributed by atoms with E-state index in [-0.39, 0.29) is 24.3 Å². The zero-order valence-electron chi connectivity index (χ0n) is 13.4. The molecule has 122 valence electrons. The molecule has 0 spiro atoms. The van der Waals surface area contributed by atoms with E-state index in [0.717, 1.165) is 12.0 Å². The van der Waals surface area contributed by atoms with Gasteiger partial charge in [0.15, 0.2) is 0 Å². The van der Waals surface area contributed by atoms with Crippen molar-refractivity contribution >= 4 is 11.6 Å². The van der Waals surface area contributed by atoms with Crippen molar-refractivity contribution in [3.05, 3.63) is 60.2 Å². The largest absolute Gasteiger partial charge is 0.324 e. The molecular weight excluding hydrogens is 293 g/mol. The second kappa shape index (κ2) is 8.39. The topological polar surface area (TPSA) is 54.0 Å². The molecule has 0 saturated heterocycles. The molecule has 0 radical (unpaired) electrons. The molecule has 1 heterocycles. The number of nitrogens with one attached hydrogen (secondary N) is 2. The summed E-state index contributed by atoms with van der Waals surface area (Å²) in [7, 11) is 0. The smallest absolute Gasteiger partial charge is 0.238 e. The molecular formula is C18H22FN3O. The van der Waals surface area contributed by atoms with E-state index < -0.39 is 0 Å². The van der Waals surface area contributed by atoms with Crippen LogP contribution in [0.1, 0.15) is 19.4 Å². The monoisotopic (exact) mass is 315 g/mol. The first-order valence-electron chi connectivity index (χ1n) is 7.72. The highest BCUT2D eigenvalue weighted by Crippen LogP contribution is 2.11. The van der Waals surface area contributed by atoms with Crippen molar-refractivity contribution < 1.29 is 9.18 Å². The maximum atomic E-state index is 13.0. The van der Waals surface area contributed by atoms with Crippen LogP contribution in [0, 0.1) is 11.7 Å². The summed E-state index contributed by atoms with van der Waals surface area (Å²) in [6.07, 6.45) is 4.01. The first-order chi connectivity index (χ1) is 11.0. The summed E-state index contributed by atoms with van der Waals surface area (Å²) >= 11 is 0. The molecule has 1 atom stereocenters. The van der Waals surface area contributed by atoms with E-state index in [4.69, 9.17) is 0 Å². The summed E-state index contributed by atoms with van der Waals surface area (Å²) < 4.78 is 13.0. The van der Waals surface area contributed by atoms with Gasteiger partial charge in [0.05, 0.1) is 18.4 Å². The molecule has 0 fully saturated rings. The minimum absolute atomic E-state index is 0.109. The van der Waals surface area contributed by atoms with Crippen LogP contribution in [0.2, 0.25) is 0 Å². The maximum Gasteiger partial charge on any atom is 0.238 e. The number of carbonyl (C=O) groups is 1. The predicted molar refractivity (Wildman–Crippen MR) is 89.6 cm³/mol. The fraction of sp³-hybridized carbons (Fsp3) is 0.333. The van der Waals surface area contributed by atoms with Crippen molar-refractivity contribution in [1.29, 1.82) is 0 Å². The van der Waals surface area contributed by atoms with Gasteiger partial charge in [0.2, 0.25) is 5.91 Å². The van der Waals surface area contributed by atoms with Crippen LogP contribution >= 0.6 is 0 Å². The van der Waals surface area contributed by atoms with Gasteiger partial charge in [-0.2, -0.15) is 0 Å². The number of rotatable bonds is 7. The Balaban J connectivity index is 1.87. The lowest BCUT2D eigenvalue weighted by atomic mass is 9.96. The van der Waals surface area contributed by atoms with Gasteiger partial charge in [-0.05, 0) is 42.2 Å². The van der Waals surface area contributed by atoms with E-state index in [2.05, 4.69) is 29.5 Å². The first kappa shape index (κ1) is 17.1. The molecule has 1 aromatic heterocycles. The van der Waals surface area contributed by atoms with Crippen LogP contribution in [0.4, 0.5) is 10.1 Å². The molecule has 5 heteroatoms. The lowest BCUT2D eigenvalue weighted by Crippen LogP contribution is -2.40. The van der Waals surface area contributed by atoms with Crippen LogP contribution in [0.5, 0.6) is 0 Å². The summed E-state index contributed by atoms with van der Waals surface area (Å²) in [5, 5.41) is 6.07. The minimum Gasteiger partial charge on any atom is -0.324 e. The summed E-state index contributed by atoms with van der Waals surface area (Å²) in [6.45, 7) is 4.42. The van der Waals surface area contributed by atoms with Gasteiger partial charge in [-0.15, -0.1) is 0 Å². The predicted octanol–water partition coefficient (Wildman–Crippen LogP) is 3.02. The van der Waals surface area contributed by atoms with Crippen molar-refractivity contribution in [3.8, 4) is 0 Å². The SMILES string of the molecule is CC(C)[C@H](Cc1ccc(F)cc1)NCC(=O)Nc1cccnc1. The molecule has 0 aliphatic rings. The van der Waals surface area contributed by atoms with Crippen LogP contribution in [0.15, 0.2) is 48.8 Å². The van der Waals surface area contributed by atoms with Crippen molar-refractivity contribution in [3.63, 3.8) is 0 Å². The summed E-state index contributed by atoms with van der Waals surface area (Å²) in [6, 6.07) is 10.2. The highest BCUT2D eigenvalue weighted by molar-refractivity contribution is 5.92. The second-order valence-electron chi connectivity index (χ2n) is 5.85. The lowest BCUT2D eigenvalue weighted by Gasteiger charge is -2.22. The maximum absolute atomic E-state index is 13.0. The number of anilines is 1. The van der Waals surface area contributed by atoms with Crippen LogP contribution in [-0.2, 0) is 11.2 Å². The third-order valence-corrected chi connectivity index (χ3v) is 3.64. The van der Waals surface area contributed by atoms with Crippen LogP contribution in [0.25, 0.3) is 0 Å². The Labute approximate surface area is 136 Å². The third-order valence-electron chi connectivity index (χ3n) is 3.64. The molecule has 0 bridgehead atoms. The number of amides is 1. The zero-order chi connectivity index (χ0) is 16.7. The van der Waals surface area contributed by atoms with Gasteiger partial charge in [-0.3, -0.25) is 9.78 Å². The van der Waals surface area contributed by atoms with E-state index in [0.29, 0.717) is 11.6 Å². The normalized spacial score (nSPS) is 12.2. The molecule has 4 nitrogen and oxygen atoms in total. The number of nitrogens with zero attached hydrogens (tertiary/aromatic N) is 1. The molecule has 1 aromatic carbocycles. The van der Waals surface area contributed by atoms with E-state index in [1.807, 2.05) is 0 Å². The highest BCUT2D eigenvalue weighted by Gasteiger charge is 2.15. The quantitative estimate of drug-likeness (QED) is 0.826. The fourth-order valence-corrected chi connectivity index (χ4v) is 2.28. The van der Waals surface area contributed by atoms with Gasteiger partial charge in [0, 0.05) is 12.2 Å². The Morgan fingerprint density at radius 1 is 1.22 bits per heavy atom. The Kier molecular flexibility index (Phi) is 6.23. The molecule has 0 unspecified atom stereocenters. The van der Waals surface area contributed by atoms with Crippen molar-refractivity contribution in [2.45, 2.75) is 26.3 Å². The van der Waals surface area contributed by atoms with Crippen LogP contribution in [0.3, 0.4) is 0 Å². The summed E-state index contributed by atoms with van der Waals surface area (Å²) in [4.78, 5) is 15.9. The highest BCUT2D eigenvalue weighted by atomic mass is 19.1. The Morgan fingerprint density at radius 3 is 2.57 bits per heavy atom. The van der Waals surface area contributed by atoms with Crippen molar-refractivity contribution in [2.75, 3.05) is 11.9 Å². The number of aromatic nitrogens is 1. The number of halogens is 1. The number of hydrogen-bond donors (Lipinski definition) is 2. The second-order valence-corrected chi connectivity index (χ2v) is 5.85. The minimum atomic E-state index is -0.237. The Morgan fingerprint density at radius 2 is 1.96 bits per heavy atom. The molecule has 0 aliphatic carbocycles. The molecule has 0 aliphatic heterocycles. The molecule has 23 heavy (non-hydrogen) atoms. The average molecular weight is 315 g/mol. The molecule has 2 aromatic rings. The first-order valence-corrected chi connectivity index (χ1v) is 7.72. The van der Waals surface area contributed by atoms with Gasteiger partial charge < -0.3 is 10.6 Å². The molecule has 0 saturated carbocycles. The summed E-state index contributed by atoms with van der Waals surface area (Å²) in [5.74, 6) is 0.00709. The molecule has 2 N–H and O–H groups in total. The Hall–Kier alpha value is -2.27. The van der Waals surface area contributed by atoms with Gasteiger partial charge in [-0.1, -0.05) is 26.0 Å². The van der Waals surface area contributed by atoms with Gasteiger partial charge in [-0.25, -0.2) is 4.39 Å². The molecule has 1 amide bonds. The summed E-state index contributed by atoms with van der Waals surface area (Å²) in [5.41, 5.74) is 1.73. The van der Waals surface area contributed by atoms with Crippen molar-refractivity contribution in [1.82, 2.24) is 10.3 Å². The van der Waals surface area contributed by atoms with Crippen LogP contribution in [-0.4, -0.2) is 23.5 Å². The van der Waals surface area contributed by atoms with Gasteiger partial charge in [0.25, 0.3) is 0 Å². The van der Waals surface area contributed by atoms with Gasteiger partial charge >= 0.3 is 0 Å². The Bertz CT molecular complexity index is 614. The zero-order valence-corrected chi connectivity index (χ0v) is 13.4. The number of benzene rings is 1. The van der Waals surface area contributed by atoms with E-state index in [1.54, 1.807) is 36.7 Å². The van der Waals surface area contributed by atoms with E-state index >= 15 is 0 Å². The van der Waals surface area contributed by atoms with Gasteiger partial charge in [0.1, 0.15) is 5.82 Å². The van der Waals surface area contributed by atoms with Crippen molar-refractivity contribution in [2.24, 2.45) is 5.92 Å². The fourth-order valence-electron chi connectivity index (χ4n) is 2.28. The third kappa shape index (κ3) is 5.79. The van der Waals surface area contributed by atoms with Crippen LogP contribution < -0.4 is 10.6 Å². The number of pyridine rings is 1.